The zero-order valence-electron chi connectivity index (χ0n) is 7.80. The van der Waals surface area contributed by atoms with E-state index in [1.807, 2.05) is 0 Å². The molecule has 1 saturated carbocycles. The van der Waals surface area contributed by atoms with Crippen LogP contribution in [0.3, 0.4) is 0 Å². The van der Waals surface area contributed by atoms with Crippen molar-refractivity contribution in [3.8, 4) is 0 Å². The van der Waals surface area contributed by atoms with Crippen LogP contribution in [-0.2, 0) is 18.9 Å². The molecule has 0 aromatic heterocycles. The molecular weight excluding hydrogens is 172 g/mol. The third kappa shape index (κ3) is 0.845. The number of methoxy groups -OCH3 is 2. The van der Waals surface area contributed by atoms with E-state index in [2.05, 4.69) is 0 Å². The Labute approximate surface area is 77.1 Å². The fourth-order valence-corrected chi connectivity index (χ4v) is 2.95. The fourth-order valence-electron chi connectivity index (χ4n) is 2.95. The van der Waals surface area contributed by atoms with E-state index in [1.165, 1.54) is 0 Å². The fraction of sp³-hybridized carbons (Fsp3) is 1.00. The molecule has 0 N–H and O–H groups in total. The molecule has 4 nitrogen and oxygen atoms in total. The minimum absolute atomic E-state index is 0.0358. The van der Waals surface area contributed by atoms with Crippen LogP contribution in [0.25, 0.3) is 0 Å². The number of hydrogen-bond acceptors (Lipinski definition) is 4. The molecule has 1 aliphatic carbocycles. The summed E-state index contributed by atoms with van der Waals surface area (Å²) in [5, 5.41) is 0. The van der Waals surface area contributed by atoms with Crippen LogP contribution in [0.1, 0.15) is 0 Å². The van der Waals surface area contributed by atoms with Gasteiger partial charge in [-0.05, 0) is 0 Å². The first-order chi connectivity index (χ1) is 6.36. The van der Waals surface area contributed by atoms with Crippen LogP contribution in [0.5, 0.6) is 0 Å². The standard InChI is InChI=1S/C9H14O4/c1-10-7-5-4-3-12-9(13-4)6(5)8(7)11-2/h4-9H,3H2,1-2H3. The Balaban J connectivity index is 1.81. The molecule has 4 heteroatoms. The minimum atomic E-state index is -0.0358. The van der Waals surface area contributed by atoms with Gasteiger partial charge in [0.2, 0.25) is 0 Å². The quantitative estimate of drug-likeness (QED) is 0.609. The summed E-state index contributed by atoms with van der Waals surface area (Å²) in [5.41, 5.74) is 0. The van der Waals surface area contributed by atoms with Crippen LogP contribution in [0, 0.1) is 11.8 Å². The van der Waals surface area contributed by atoms with E-state index in [4.69, 9.17) is 18.9 Å². The molecule has 2 aliphatic heterocycles. The molecule has 3 rings (SSSR count). The molecule has 13 heavy (non-hydrogen) atoms. The number of rotatable bonds is 2. The summed E-state index contributed by atoms with van der Waals surface area (Å²) in [7, 11) is 3.46. The molecule has 2 bridgehead atoms. The molecule has 6 atom stereocenters. The summed E-state index contributed by atoms with van der Waals surface area (Å²) in [5.74, 6) is 0.891. The lowest BCUT2D eigenvalue weighted by atomic mass is 9.66. The van der Waals surface area contributed by atoms with Crippen molar-refractivity contribution in [1.82, 2.24) is 0 Å². The molecule has 6 unspecified atom stereocenters. The third-order valence-electron chi connectivity index (χ3n) is 3.55. The Bertz CT molecular complexity index is 198. The van der Waals surface area contributed by atoms with Gasteiger partial charge in [0.15, 0.2) is 6.29 Å². The van der Waals surface area contributed by atoms with Crippen molar-refractivity contribution >= 4 is 0 Å². The van der Waals surface area contributed by atoms with E-state index in [0.717, 1.165) is 6.61 Å². The molecule has 0 radical (unpaired) electrons. The van der Waals surface area contributed by atoms with Gasteiger partial charge < -0.3 is 18.9 Å². The van der Waals surface area contributed by atoms with Crippen LogP contribution in [0.2, 0.25) is 0 Å². The highest BCUT2D eigenvalue weighted by molar-refractivity contribution is 5.10. The lowest BCUT2D eigenvalue weighted by Crippen LogP contribution is -2.62. The first-order valence-electron chi connectivity index (χ1n) is 4.69. The van der Waals surface area contributed by atoms with Crippen molar-refractivity contribution in [2.45, 2.75) is 24.6 Å². The van der Waals surface area contributed by atoms with Gasteiger partial charge in [-0.25, -0.2) is 0 Å². The maximum absolute atomic E-state index is 5.64. The van der Waals surface area contributed by atoms with Crippen LogP contribution in [0.15, 0.2) is 0 Å². The van der Waals surface area contributed by atoms with Crippen LogP contribution < -0.4 is 0 Å². The highest BCUT2D eigenvalue weighted by Crippen LogP contribution is 2.53. The Kier molecular flexibility index (Phi) is 1.68. The normalized spacial score (nSPS) is 57.7. The topological polar surface area (TPSA) is 36.9 Å². The monoisotopic (exact) mass is 186 g/mol. The second-order valence-corrected chi connectivity index (χ2v) is 3.93. The van der Waals surface area contributed by atoms with Crippen molar-refractivity contribution in [3.63, 3.8) is 0 Å². The van der Waals surface area contributed by atoms with Gasteiger partial charge in [-0.15, -0.1) is 0 Å². The van der Waals surface area contributed by atoms with E-state index in [1.54, 1.807) is 14.2 Å². The van der Waals surface area contributed by atoms with Gasteiger partial charge >= 0.3 is 0 Å². The van der Waals surface area contributed by atoms with Crippen molar-refractivity contribution in [3.05, 3.63) is 0 Å². The van der Waals surface area contributed by atoms with Gasteiger partial charge in [-0.3, -0.25) is 0 Å². The highest BCUT2D eigenvalue weighted by atomic mass is 16.7. The van der Waals surface area contributed by atoms with Gasteiger partial charge in [0.25, 0.3) is 0 Å². The Morgan fingerprint density at radius 2 is 1.77 bits per heavy atom. The van der Waals surface area contributed by atoms with E-state index in [-0.39, 0.29) is 24.6 Å². The number of hydrogen-bond donors (Lipinski definition) is 0. The summed E-state index contributed by atoms with van der Waals surface area (Å²) in [6.45, 7) is 0.724. The Morgan fingerprint density at radius 1 is 1.08 bits per heavy atom. The number of ether oxygens (including phenoxy) is 4. The molecule has 0 aromatic rings. The van der Waals surface area contributed by atoms with Crippen molar-refractivity contribution in [2.75, 3.05) is 20.8 Å². The average Bonchev–Trinajstić information content (AvgIpc) is 2.63. The van der Waals surface area contributed by atoms with Crippen LogP contribution in [0.4, 0.5) is 0 Å². The second kappa shape index (κ2) is 2.67. The molecular formula is C9H14O4. The van der Waals surface area contributed by atoms with Gasteiger partial charge in [-0.2, -0.15) is 0 Å². The summed E-state index contributed by atoms with van der Waals surface area (Å²) in [4.78, 5) is 0. The molecule has 0 aromatic carbocycles. The predicted octanol–water partition coefficient (Wildman–Crippen LogP) is 0.0175. The number of fused-ring (bicyclic) bond motifs is 5. The first kappa shape index (κ1) is 8.17. The van der Waals surface area contributed by atoms with Crippen molar-refractivity contribution < 1.29 is 18.9 Å². The molecule has 2 saturated heterocycles. The maximum Gasteiger partial charge on any atom is 0.164 e. The second-order valence-electron chi connectivity index (χ2n) is 3.93. The highest BCUT2D eigenvalue weighted by Gasteiger charge is 2.66. The summed E-state index contributed by atoms with van der Waals surface area (Å²) in [6, 6.07) is 0. The van der Waals surface area contributed by atoms with Gasteiger partial charge in [0.05, 0.1) is 24.9 Å². The largest absolute Gasteiger partial charge is 0.378 e. The zero-order valence-corrected chi connectivity index (χ0v) is 7.80. The molecule has 0 amide bonds. The third-order valence-corrected chi connectivity index (χ3v) is 3.55. The lowest BCUT2D eigenvalue weighted by Gasteiger charge is -2.49. The summed E-state index contributed by atoms with van der Waals surface area (Å²) in [6.07, 6.45) is 0.567. The van der Waals surface area contributed by atoms with E-state index in [9.17, 15) is 0 Å². The molecule has 74 valence electrons. The molecule has 2 heterocycles. The molecule has 3 fully saturated rings. The predicted molar refractivity (Wildman–Crippen MR) is 43.2 cm³/mol. The van der Waals surface area contributed by atoms with Crippen molar-refractivity contribution in [1.29, 1.82) is 0 Å². The maximum atomic E-state index is 5.64. The summed E-state index contributed by atoms with van der Waals surface area (Å²) < 4.78 is 21.9. The van der Waals surface area contributed by atoms with Crippen LogP contribution >= 0.6 is 0 Å². The van der Waals surface area contributed by atoms with E-state index >= 15 is 0 Å². The molecule has 0 spiro atoms. The Morgan fingerprint density at radius 3 is 2.46 bits per heavy atom. The Hall–Kier alpha value is -0.160. The van der Waals surface area contributed by atoms with Gasteiger partial charge in [0.1, 0.15) is 0 Å². The SMILES string of the molecule is COC1C(OC)C2C3OCC(O3)C12. The average molecular weight is 186 g/mol. The van der Waals surface area contributed by atoms with Crippen LogP contribution in [-0.4, -0.2) is 45.4 Å². The first-order valence-corrected chi connectivity index (χ1v) is 4.69. The van der Waals surface area contributed by atoms with Gasteiger partial charge in [-0.1, -0.05) is 0 Å². The van der Waals surface area contributed by atoms with Crippen molar-refractivity contribution in [2.24, 2.45) is 11.8 Å². The van der Waals surface area contributed by atoms with E-state index in [0.29, 0.717) is 11.8 Å². The zero-order chi connectivity index (χ0) is 9.00. The smallest absolute Gasteiger partial charge is 0.164 e. The lowest BCUT2D eigenvalue weighted by molar-refractivity contribution is -0.221. The van der Waals surface area contributed by atoms with E-state index < -0.39 is 0 Å². The van der Waals surface area contributed by atoms with Gasteiger partial charge in [0, 0.05) is 26.1 Å². The molecule has 3 aliphatic rings. The minimum Gasteiger partial charge on any atom is -0.378 e. The summed E-state index contributed by atoms with van der Waals surface area (Å²) >= 11 is 0.